The van der Waals surface area contributed by atoms with Gasteiger partial charge in [0.15, 0.2) is 12.3 Å². The first kappa shape index (κ1) is 37.2. The van der Waals surface area contributed by atoms with Crippen molar-refractivity contribution in [2.45, 2.75) is 79.6 Å². The maximum absolute atomic E-state index is 13.0. The van der Waals surface area contributed by atoms with Crippen molar-refractivity contribution in [1.29, 1.82) is 0 Å². The Hall–Kier alpha value is -5.03. The molecule has 264 valence electrons. The Labute approximate surface area is 304 Å². The summed E-state index contributed by atoms with van der Waals surface area (Å²) in [5, 5.41) is 16.3. The van der Waals surface area contributed by atoms with Crippen LogP contribution < -0.4 is 10.0 Å². The molecule has 2 aliphatic heterocycles. The van der Waals surface area contributed by atoms with Crippen molar-refractivity contribution >= 4 is 50.4 Å². The van der Waals surface area contributed by atoms with Crippen LogP contribution >= 0.6 is 0 Å². The van der Waals surface area contributed by atoms with Crippen LogP contribution in [0.2, 0.25) is 0 Å². The van der Waals surface area contributed by atoms with Crippen LogP contribution in [-0.4, -0.2) is 35.1 Å². The average molecular weight is 681 g/mol. The summed E-state index contributed by atoms with van der Waals surface area (Å²) < 4.78 is 2.13. The number of Topliss-reactive ketones (excluding diaryl/α,β-unsaturated/α-hetero) is 1. The second kappa shape index (κ2) is 14.3. The lowest BCUT2D eigenvalue weighted by Crippen LogP contribution is -2.30. The van der Waals surface area contributed by atoms with Crippen molar-refractivity contribution in [2.75, 3.05) is 18.0 Å². The molecule has 5 nitrogen and oxygen atoms in total. The van der Waals surface area contributed by atoms with Gasteiger partial charge in [0, 0.05) is 65.3 Å². The molecule has 2 heterocycles. The highest BCUT2D eigenvalue weighted by Crippen LogP contribution is 2.51. The summed E-state index contributed by atoms with van der Waals surface area (Å²) in [6.07, 6.45) is 14.9. The van der Waals surface area contributed by atoms with Crippen molar-refractivity contribution in [2.24, 2.45) is 5.41 Å². The molecule has 0 bridgehead atoms. The van der Waals surface area contributed by atoms with Gasteiger partial charge in [-0.15, -0.1) is 0 Å². The smallest absolute Gasteiger partial charge is 0.210 e. The number of anilines is 1. The largest absolute Gasteiger partial charge is 0.550 e. The maximum atomic E-state index is 13.0. The molecule has 0 N–H and O–H groups in total. The van der Waals surface area contributed by atoms with Gasteiger partial charge in [-0.2, -0.15) is 4.58 Å². The molecule has 6 rings (SSSR count). The molecule has 0 saturated heterocycles. The molecule has 0 saturated carbocycles. The second-order valence-corrected chi connectivity index (χ2v) is 15.5. The normalized spacial score (nSPS) is 17.3. The lowest BCUT2D eigenvalue weighted by Gasteiger charge is -2.28. The zero-order valence-corrected chi connectivity index (χ0v) is 30.4. The zero-order chi connectivity index (χ0) is 35.8. The van der Waals surface area contributed by atoms with Crippen LogP contribution in [0.25, 0.3) is 21.5 Å². The van der Waals surface area contributed by atoms with Crippen LogP contribution in [0, 0.1) is 5.41 Å². The minimum Gasteiger partial charge on any atom is -0.550 e. The molecule has 0 aromatic heterocycles. The lowest BCUT2D eigenvalue weighted by atomic mass is 9.79. The van der Waals surface area contributed by atoms with Crippen LogP contribution in [0.1, 0.15) is 79.9 Å². The van der Waals surface area contributed by atoms with Gasteiger partial charge in [0.2, 0.25) is 5.69 Å². The van der Waals surface area contributed by atoms with Crippen molar-refractivity contribution < 1.29 is 19.3 Å². The van der Waals surface area contributed by atoms with Gasteiger partial charge in [-0.05, 0) is 59.2 Å². The van der Waals surface area contributed by atoms with Gasteiger partial charge < -0.3 is 14.8 Å². The molecule has 4 aromatic rings. The van der Waals surface area contributed by atoms with E-state index in [1.807, 2.05) is 51.1 Å². The van der Waals surface area contributed by atoms with Crippen molar-refractivity contribution in [3.8, 4) is 0 Å². The van der Waals surface area contributed by atoms with Gasteiger partial charge in [-0.1, -0.05) is 127 Å². The Bertz CT molecular complexity index is 2150. The van der Waals surface area contributed by atoms with E-state index >= 15 is 0 Å². The number of aliphatic carboxylic acids is 1. The number of carboxylic acid groups (broad SMARTS) is 1. The SMILES string of the molecule is C.CC(C)(C)C(=O)CCN1/C(=C/C=C/C=C/C=C/C2=[N+](CCC(=O)[O-])c3ccc4ccccc4c3C2(C)C)C(C)(C)c2c1ccc1ccccc21. The monoisotopic (exact) mass is 680 g/mol. The Morgan fingerprint density at radius 2 is 1.33 bits per heavy atom. The minimum absolute atomic E-state index is 0. The molecular weight excluding hydrogens is 629 g/mol. The summed E-state index contributed by atoms with van der Waals surface area (Å²) in [6.45, 7) is 15.9. The Morgan fingerprint density at radius 1 is 0.745 bits per heavy atom. The second-order valence-electron chi connectivity index (χ2n) is 15.5. The maximum Gasteiger partial charge on any atom is 0.210 e. The lowest BCUT2D eigenvalue weighted by molar-refractivity contribution is -0.439. The van der Waals surface area contributed by atoms with E-state index in [0.29, 0.717) is 19.5 Å². The molecule has 5 heteroatoms. The molecule has 51 heavy (non-hydrogen) atoms. The number of rotatable bonds is 10. The molecule has 0 amide bonds. The van der Waals surface area contributed by atoms with Crippen LogP contribution in [0.15, 0.2) is 121 Å². The molecule has 0 spiro atoms. The van der Waals surface area contributed by atoms with Crippen molar-refractivity contribution in [3.63, 3.8) is 0 Å². The molecule has 2 aliphatic rings. The summed E-state index contributed by atoms with van der Waals surface area (Å²) in [7, 11) is 0. The molecule has 0 atom stereocenters. The third kappa shape index (κ3) is 6.99. The third-order valence-electron chi connectivity index (χ3n) is 10.4. The number of hydrogen-bond donors (Lipinski definition) is 0. The average Bonchev–Trinajstić information content (AvgIpc) is 3.43. The number of benzene rings is 4. The summed E-state index contributed by atoms with van der Waals surface area (Å²) in [5.41, 5.74) is 5.99. The van der Waals surface area contributed by atoms with Gasteiger partial charge >= 0.3 is 0 Å². The third-order valence-corrected chi connectivity index (χ3v) is 10.4. The van der Waals surface area contributed by atoms with E-state index in [9.17, 15) is 14.7 Å². The number of carboxylic acids is 1. The molecule has 0 aliphatic carbocycles. The Morgan fingerprint density at radius 3 is 1.98 bits per heavy atom. The van der Waals surface area contributed by atoms with E-state index in [4.69, 9.17) is 0 Å². The van der Waals surface area contributed by atoms with Crippen molar-refractivity contribution in [1.82, 2.24) is 0 Å². The quantitative estimate of drug-likeness (QED) is 0.124. The number of carbonyl (C=O) groups is 2. The fraction of sp³-hybridized carbons (Fsp3) is 0.326. The van der Waals surface area contributed by atoms with Gasteiger partial charge in [0.1, 0.15) is 5.78 Å². The summed E-state index contributed by atoms with van der Waals surface area (Å²) in [5.74, 6) is -0.799. The van der Waals surface area contributed by atoms with E-state index in [1.165, 1.54) is 44.1 Å². The summed E-state index contributed by atoms with van der Waals surface area (Å²) in [6, 6.07) is 25.5. The van der Waals surface area contributed by atoms with Crippen LogP contribution in [0.4, 0.5) is 11.4 Å². The van der Waals surface area contributed by atoms with Crippen molar-refractivity contribution in [3.05, 3.63) is 132 Å². The van der Waals surface area contributed by atoms with E-state index in [2.05, 4.69) is 122 Å². The highest BCUT2D eigenvalue weighted by atomic mass is 16.4. The number of carbonyl (C=O) groups excluding carboxylic acids is 2. The summed E-state index contributed by atoms with van der Waals surface area (Å²) >= 11 is 0. The summed E-state index contributed by atoms with van der Waals surface area (Å²) in [4.78, 5) is 26.8. The van der Waals surface area contributed by atoms with Crippen LogP contribution in [0.3, 0.4) is 0 Å². The zero-order valence-electron chi connectivity index (χ0n) is 30.4. The number of hydrogen-bond acceptors (Lipinski definition) is 4. The number of allylic oxidation sites excluding steroid dienone is 8. The highest BCUT2D eigenvalue weighted by Gasteiger charge is 2.45. The predicted octanol–water partition coefficient (Wildman–Crippen LogP) is 9.50. The number of fused-ring (bicyclic) bond motifs is 6. The van der Waals surface area contributed by atoms with Gasteiger partial charge in [0.05, 0.1) is 5.41 Å². The molecule has 0 unspecified atom stereocenters. The highest BCUT2D eigenvalue weighted by molar-refractivity contribution is 6.07. The fourth-order valence-electron chi connectivity index (χ4n) is 7.83. The van der Waals surface area contributed by atoms with Gasteiger partial charge in [-0.25, -0.2) is 0 Å². The fourth-order valence-corrected chi connectivity index (χ4v) is 7.83. The van der Waals surface area contributed by atoms with E-state index < -0.39 is 5.97 Å². The van der Waals surface area contributed by atoms with Crippen LogP contribution in [-0.2, 0) is 20.4 Å². The Balaban J connectivity index is 0.00000504. The van der Waals surface area contributed by atoms with E-state index in [1.54, 1.807) is 0 Å². The van der Waals surface area contributed by atoms with E-state index in [0.717, 1.165) is 11.4 Å². The first-order valence-corrected chi connectivity index (χ1v) is 17.6. The van der Waals surface area contributed by atoms with E-state index in [-0.39, 0.29) is 35.9 Å². The number of ketones is 1. The molecule has 4 aromatic carbocycles. The number of nitrogens with zero attached hydrogens (tertiary/aromatic N) is 2. The first-order valence-electron chi connectivity index (χ1n) is 17.6. The van der Waals surface area contributed by atoms with Gasteiger partial charge in [-0.3, -0.25) is 4.79 Å². The van der Waals surface area contributed by atoms with Gasteiger partial charge in [0.25, 0.3) is 0 Å². The topological polar surface area (TPSA) is 63.5 Å². The molecule has 0 fully saturated rings. The molecular formula is C46H52N2O3. The Kier molecular flexibility index (Phi) is 10.4. The van der Waals surface area contributed by atoms with Crippen LogP contribution in [0.5, 0.6) is 0 Å². The first-order chi connectivity index (χ1) is 23.7. The standard InChI is InChI=1S/C45H48N2O3.CH4/c1-43(2,3)39(48)27-29-46-35-25-23-31-17-13-15-19-33(31)41(35)44(4,5)37(46)21-11-9-8-10-12-22-38-45(6,7)42-34-20-16-14-18-32(34)24-26-36(42)47(38)30-28-40(49)50;/h8-26H,27-30H2,1-7H3;1H4. The predicted molar refractivity (Wildman–Crippen MR) is 212 cm³/mol. The minimum atomic E-state index is -1.05. The molecule has 0 radical (unpaired) electrons.